The SMILES string of the molecule is N#Cc1ccc(-n2cccc2)cc1Br. The van der Waals surface area contributed by atoms with Crippen molar-refractivity contribution in [1.29, 1.82) is 5.26 Å². The average molecular weight is 247 g/mol. The molecule has 0 atom stereocenters. The number of rotatable bonds is 1. The van der Waals surface area contributed by atoms with E-state index in [1.807, 2.05) is 41.2 Å². The van der Waals surface area contributed by atoms with Crippen LogP contribution in [-0.2, 0) is 0 Å². The molecule has 0 bridgehead atoms. The van der Waals surface area contributed by atoms with E-state index in [0.717, 1.165) is 10.2 Å². The fraction of sp³-hybridized carbons (Fsp3) is 0. The Morgan fingerprint density at radius 2 is 1.93 bits per heavy atom. The summed E-state index contributed by atoms with van der Waals surface area (Å²) < 4.78 is 2.82. The molecule has 0 unspecified atom stereocenters. The largest absolute Gasteiger partial charge is 0.324 e. The maximum Gasteiger partial charge on any atom is 0.100 e. The van der Waals surface area contributed by atoms with Gasteiger partial charge in [0, 0.05) is 22.6 Å². The topological polar surface area (TPSA) is 28.7 Å². The molecule has 0 N–H and O–H groups in total. The Morgan fingerprint density at radius 3 is 2.50 bits per heavy atom. The number of hydrogen-bond acceptors (Lipinski definition) is 1. The van der Waals surface area contributed by atoms with Crippen molar-refractivity contribution in [2.75, 3.05) is 0 Å². The normalized spacial score (nSPS) is 9.71. The van der Waals surface area contributed by atoms with Crippen molar-refractivity contribution in [1.82, 2.24) is 4.57 Å². The summed E-state index contributed by atoms with van der Waals surface area (Å²) in [5, 5.41) is 8.75. The van der Waals surface area contributed by atoms with E-state index in [-0.39, 0.29) is 0 Å². The predicted molar refractivity (Wildman–Crippen MR) is 58.2 cm³/mol. The lowest BCUT2D eigenvalue weighted by Crippen LogP contribution is -1.90. The highest BCUT2D eigenvalue weighted by molar-refractivity contribution is 9.10. The Balaban J connectivity index is 2.49. The standard InChI is InChI=1S/C11H7BrN2/c12-11-7-10(4-3-9(11)8-13)14-5-1-2-6-14/h1-7H. The molecule has 0 saturated carbocycles. The van der Waals surface area contributed by atoms with E-state index in [2.05, 4.69) is 22.0 Å². The van der Waals surface area contributed by atoms with Gasteiger partial charge in [0.05, 0.1) is 5.56 Å². The minimum atomic E-state index is 0.654. The first kappa shape index (κ1) is 9.04. The van der Waals surface area contributed by atoms with E-state index in [4.69, 9.17) is 5.26 Å². The molecule has 0 aliphatic carbocycles. The maximum atomic E-state index is 8.75. The van der Waals surface area contributed by atoms with Crippen molar-refractivity contribution in [2.24, 2.45) is 0 Å². The summed E-state index contributed by atoms with van der Waals surface area (Å²) in [4.78, 5) is 0. The quantitative estimate of drug-likeness (QED) is 0.761. The van der Waals surface area contributed by atoms with Gasteiger partial charge >= 0.3 is 0 Å². The predicted octanol–water partition coefficient (Wildman–Crippen LogP) is 3.11. The molecule has 2 rings (SSSR count). The van der Waals surface area contributed by atoms with Gasteiger partial charge in [0.2, 0.25) is 0 Å². The molecular weight excluding hydrogens is 240 g/mol. The Labute approximate surface area is 90.5 Å². The van der Waals surface area contributed by atoms with E-state index in [9.17, 15) is 0 Å². The van der Waals surface area contributed by atoms with Crippen molar-refractivity contribution in [2.45, 2.75) is 0 Å². The van der Waals surface area contributed by atoms with E-state index in [0.29, 0.717) is 5.56 Å². The smallest absolute Gasteiger partial charge is 0.100 e. The number of aromatic nitrogens is 1. The van der Waals surface area contributed by atoms with E-state index >= 15 is 0 Å². The zero-order chi connectivity index (χ0) is 9.97. The van der Waals surface area contributed by atoms with Gasteiger partial charge in [-0.2, -0.15) is 5.26 Å². The molecule has 1 heterocycles. The molecule has 2 aromatic rings. The van der Waals surface area contributed by atoms with E-state index in [1.54, 1.807) is 6.07 Å². The number of hydrogen-bond donors (Lipinski definition) is 0. The van der Waals surface area contributed by atoms with Crippen LogP contribution in [0.2, 0.25) is 0 Å². The van der Waals surface area contributed by atoms with Crippen LogP contribution in [-0.4, -0.2) is 4.57 Å². The fourth-order valence-corrected chi connectivity index (χ4v) is 1.72. The number of halogens is 1. The third-order valence-electron chi connectivity index (χ3n) is 1.98. The second-order valence-corrected chi connectivity index (χ2v) is 3.72. The Bertz CT molecular complexity index is 480. The molecule has 0 spiro atoms. The molecule has 0 aliphatic heterocycles. The lowest BCUT2D eigenvalue weighted by molar-refractivity contribution is 1.08. The zero-order valence-corrected chi connectivity index (χ0v) is 8.90. The molecule has 0 amide bonds. The van der Waals surface area contributed by atoms with Crippen LogP contribution in [0.25, 0.3) is 5.69 Å². The second kappa shape index (κ2) is 3.69. The molecule has 2 nitrogen and oxygen atoms in total. The van der Waals surface area contributed by atoms with Crippen LogP contribution in [0.1, 0.15) is 5.56 Å². The molecule has 0 aliphatic rings. The lowest BCUT2D eigenvalue weighted by atomic mass is 10.2. The Kier molecular flexibility index (Phi) is 2.38. The minimum absolute atomic E-state index is 0.654. The average Bonchev–Trinajstić information content (AvgIpc) is 2.70. The van der Waals surface area contributed by atoms with Gasteiger partial charge in [0.25, 0.3) is 0 Å². The van der Waals surface area contributed by atoms with Crippen LogP contribution < -0.4 is 0 Å². The maximum absolute atomic E-state index is 8.75. The highest BCUT2D eigenvalue weighted by Crippen LogP contribution is 2.20. The number of nitriles is 1. The van der Waals surface area contributed by atoms with Crippen LogP contribution in [0.5, 0.6) is 0 Å². The third-order valence-corrected chi connectivity index (χ3v) is 2.63. The molecule has 0 saturated heterocycles. The summed E-state index contributed by atoms with van der Waals surface area (Å²) in [6.07, 6.45) is 3.93. The molecule has 14 heavy (non-hydrogen) atoms. The number of nitrogens with zero attached hydrogens (tertiary/aromatic N) is 2. The molecule has 0 fully saturated rings. The molecule has 3 heteroatoms. The van der Waals surface area contributed by atoms with Gasteiger partial charge in [0.15, 0.2) is 0 Å². The van der Waals surface area contributed by atoms with Gasteiger partial charge in [-0.15, -0.1) is 0 Å². The molecule has 1 aromatic carbocycles. The fourth-order valence-electron chi connectivity index (χ4n) is 1.26. The van der Waals surface area contributed by atoms with Crippen LogP contribution in [0.3, 0.4) is 0 Å². The summed E-state index contributed by atoms with van der Waals surface area (Å²) in [7, 11) is 0. The van der Waals surface area contributed by atoms with Gasteiger partial charge < -0.3 is 4.57 Å². The van der Waals surface area contributed by atoms with Crippen LogP contribution >= 0.6 is 15.9 Å². The second-order valence-electron chi connectivity index (χ2n) is 2.87. The van der Waals surface area contributed by atoms with Crippen LogP contribution in [0.15, 0.2) is 47.2 Å². The van der Waals surface area contributed by atoms with Crippen molar-refractivity contribution < 1.29 is 0 Å². The Hall–Kier alpha value is -1.53. The van der Waals surface area contributed by atoms with Crippen LogP contribution in [0, 0.1) is 11.3 Å². The van der Waals surface area contributed by atoms with Crippen molar-refractivity contribution in [3.63, 3.8) is 0 Å². The first-order chi connectivity index (χ1) is 6.81. The molecule has 0 radical (unpaired) electrons. The van der Waals surface area contributed by atoms with Gasteiger partial charge in [0.1, 0.15) is 6.07 Å². The van der Waals surface area contributed by atoms with Crippen molar-refractivity contribution in [3.8, 4) is 11.8 Å². The van der Waals surface area contributed by atoms with E-state index < -0.39 is 0 Å². The number of benzene rings is 1. The highest BCUT2D eigenvalue weighted by atomic mass is 79.9. The third kappa shape index (κ3) is 1.57. The lowest BCUT2D eigenvalue weighted by Gasteiger charge is -2.03. The van der Waals surface area contributed by atoms with E-state index in [1.165, 1.54) is 0 Å². The summed E-state index contributed by atoms with van der Waals surface area (Å²) in [5.41, 5.74) is 1.70. The molecule has 68 valence electrons. The zero-order valence-electron chi connectivity index (χ0n) is 7.31. The van der Waals surface area contributed by atoms with Crippen LogP contribution in [0.4, 0.5) is 0 Å². The summed E-state index contributed by atoms with van der Waals surface area (Å²) >= 11 is 3.36. The Morgan fingerprint density at radius 1 is 1.21 bits per heavy atom. The summed E-state index contributed by atoms with van der Waals surface area (Å²) in [5.74, 6) is 0. The summed E-state index contributed by atoms with van der Waals surface area (Å²) in [6.45, 7) is 0. The minimum Gasteiger partial charge on any atom is -0.324 e. The first-order valence-corrected chi connectivity index (χ1v) is 4.93. The van der Waals surface area contributed by atoms with Gasteiger partial charge in [-0.3, -0.25) is 0 Å². The monoisotopic (exact) mass is 246 g/mol. The van der Waals surface area contributed by atoms with Gasteiger partial charge in [-0.1, -0.05) is 0 Å². The first-order valence-electron chi connectivity index (χ1n) is 4.14. The van der Waals surface area contributed by atoms with Crippen molar-refractivity contribution >= 4 is 15.9 Å². The highest BCUT2D eigenvalue weighted by Gasteiger charge is 2.00. The summed E-state index contributed by atoms with van der Waals surface area (Å²) in [6, 6.07) is 11.7. The molecular formula is C11H7BrN2. The van der Waals surface area contributed by atoms with Gasteiger partial charge in [-0.05, 0) is 46.3 Å². The van der Waals surface area contributed by atoms with Crippen molar-refractivity contribution in [3.05, 3.63) is 52.8 Å². The van der Waals surface area contributed by atoms with Gasteiger partial charge in [-0.25, -0.2) is 0 Å². The molecule has 1 aromatic heterocycles.